The molecule has 7 nitrogen and oxygen atoms in total. The van der Waals surface area contributed by atoms with Crippen LogP contribution in [-0.2, 0) is 9.53 Å². The van der Waals surface area contributed by atoms with Crippen LogP contribution in [0.5, 0.6) is 0 Å². The first-order chi connectivity index (χ1) is 9.88. The predicted octanol–water partition coefficient (Wildman–Crippen LogP) is -0.116. The van der Waals surface area contributed by atoms with E-state index in [1.807, 2.05) is 0 Å². The molecule has 0 aliphatic carbocycles. The van der Waals surface area contributed by atoms with Gasteiger partial charge in [-0.15, -0.1) is 0 Å². The van der Waals surface area contributed by atoms with Crippen LogP contribution in [0.1, 0.15) is 13.8 Å². The first-order valence-corrected chi connectivity index (χ1v) is 6.72. The van der Waals surface area contributed by atoms with Gasteiger partial charge in [0.15, 0.2) is 6.23 Å². The van der Waals surface area contributed by atoms with E-state index in [-0.39, 0.29) is 5.91 Å². The van der Waals surface area contributed by atoms with Gasteiger partial charge in [0.1, 0.15) is 18.3 Å². The summed E-state index contributed by atoms with van der Waals surface area (Å²) < 4.78 is 5.44. The lowest BCUT2D eigenvalue weighted by Crippen LogP contribution is -2.58. The topological polar surface area (TPSA) is 111 Å². The second-order valence-electron chi connectivity index (χ2n) is 5.14. The molecule has 1 aliphatic heterocycles. The molecule has 116 valence electrons. The van der Waals surface area contributed by atoms with Crippen molar-refractivity contribution in [3.8, 4) is 0 Å². The Balaban J connectivity index is 2.02. The number of aliphatic hydroxyl groups is 3. The van der Waals surface area contributed by atoms with E-state index in [9.17, 15) is 20.1 Å². The Hall–Kier alpha value is -1.67. The molecule has 0 radical (unpaired) electrons. The largest absolute Gasteiger partial charge is 0.388 e. The summed E-state index contributed by atoms with van der Waals surface area (Å²) in [4.78, 5) is 10.9. The minimum absolute atomic E-state index is 0.160. The number of carbonyl (C=O) groups excluding carboxylic acids is 1. The first kappa shape index (κ1) is 15.7. The Morgan fingerprint density at radius 3 is 2.19 bits per heavy atom. The number of rotatable bonds is 3. The van der Waals surface area contributed by atoms with Gasteiger partial charge in [0.25, 0.3) is 0 Å². The van der Waals surface area contributed by atoms with Crippen LogP contribution in [0.3, 0.4) is 0 Å². The molecule has 5 atom stereocenters. The number of carbonyl (C=O) groups is 1. The van der Waals surface area contributed by atoms with Gasteiger partial charge in [-0.3, -0.25) is 4.79 Å². The Kier molecular flexibility index (Phi) is 4.79. The molecule has 1 aromatic carbocycles. The van der Waals surface area contributed by atoms with Crippen molar-refractivity contribution in [2.75, 3.05) is 10.6 Å². The maximum absolute atomic E-state index is 10.9. The third-order valence-electron chi connectivity index (χ3n) is 3.37. The molecule has 7 heteroatoms. The van der Waals surface area contributed by atoms with Crippen LogP contribution in [0.2, 0.25) is 0 Å². The fourth-order valence-electron chi connectivity index (χ4n) is 2.19. The lowest BCUT2D eigenvalue weighted by Gasteiger charge is -2.39. The van der Waals surface area contributed by atoms with E-state index >= 15 is 0 Å². The molecule has 2 rings (SSSR count). The molecule has 0 bridgehead atoms. The second-order valence-corrected chi connectivity index (χ2v) is 5.14. The Morgan fingerprint density at radius 1 is 1.05 bits per heavy atom. The van der Waals surface area contributed by atoms with Crippen LogP contribution in [0.15, 0.2) is 24.3 Å². The van der Waals surface area contributed by atoms with Gasteiger partial charge in [0, 0.05) is 18.3 Å². The van der Waals surface area contributed by atoms with Crippen molar-refractivity contribution in [1.82, 2.24) is 0 Å². The number of anilines is 2. The number of aliphatic hydroxyl groups excluding tert-OH is 3. The highest BCUT2D eigenvalue weighted by Crippen LogP contribution is 2.23. The van der Waals surface area contributed by atoms with Gasteiger partial charge < -0.3 is 30.7 Å². The maximum Gasteiger partial charge on any atom is 0.221 e. The van der Waals surface area contributed by atoms with Crippen LogP contribution in [0.25, 0.3) is 0 Å². The summed E-state index contributed by atoms with van der Waals surface area (Å²) in [5, 5.41) is 34.8. The van der Waals surface area contributed by atoms with E-state index in [0.717, 1.165) is 0 Å². The van der Waals surface area contributed by atoms with Gasteiger partial charge in [-0.05, 0) is 31.2 Å². The summed E-state index contributed by atoms with van der Waals surface area (Å²) in [6.45, 7) is 3.04. The lowest BCUT2D eigenvalue weighted by atomic mass is 9.99. The van der Waals surface area contributed by atoms with Crippen LogP contribution >= 0.6 is 0 Å². The molecular weight excluding hydrogens is 276 g/mol. The first-order valence-electron chi connectivity index (χ1n) is 6.72. The summed E-state index contributed by atoms with van der Waals surface area (Å²) in [5.74, 6) is -0.160. The number of benzene rings is 1. The van der Waals surface area contributed by atoms with Crippen molar-refractivity contribution in [1.29, 1.82) is 0 Å². The summed E-state index contributed by atoms with van der Waals surface area (Å²) in [5.41, 5.74) is 1.31. The van der Waals surface area contributed by atoms with Gasteiger partial charge >= 0.3 is 0 Å². The van der Waals surface area contributed by atoms with Crippen molar-refractivity contribution < 1.29 is 24.9 Å². The highest BCUT2D eigenvalue weighted by atomic mass is 16.5. The molecule has 1 fully saturated rings. The summed E-state index contributed by atoms with van der Waals surface area (Å²) >= 11 is 0. The zero-order valence-corrected chi connectivity index (χ0v) is 11.9. The van der Waals surface area contributed by atoms with E-state index in [4.69, 9.17) is 4.74 Å². The number of ether oxygens (including phenoxy) is 1. The molecule has 1 aliphatic rings. The van der Waals surface area contributed by atoms with Gasteiger partial charge in [0.2, 0.25) is 5.91 Å². The minimum Gasteiger partial charge on any atom is -0.388 e. The normalized spacial score (nSPS) is 32.5. The van der Waals surface area contributed by atoms with E-state index in [2.05, 4.69) is 10.6 Å². The molecular formula is C14H20N2O5. The smallest absolute Gasteiger partial charge is 0.221 e. The average molecular weight is 296 g/mol. The molecule has 0 unspecified atom stereocenters. The lowest BCUT2D eigenvalue weighted by molar-refractivity contribution is -0.209. The van der Waals surface area contributed by atoms with Gasteiger partial charge in [0.05, 0.1) is 6.10 Å². The third-order valence-corrected chi connectivity index (χ3v) is 3.37. The van der Waals surface area contributed by atoms with Crippen LogP contribution < -0.4 is 10.6 Å². The molecule has 1 aromatic rings. The fourth-order valence-corrected chi connectivity index (χ4v) is 2.19. The van der Waals surface area contributed by atoms with Crippen LogP contribution in [-0.4, -0.2) is 51.9 Å². The number of hydrogen-bond donors (Lipinski definition) is 5. The second kappa shape index (κ2) is 6.40. The number of nitrogens with one attached hydrogen (secondary N) is 2. The summed E-state index contributed by atoms with van der Waals surface area (Å²) in [6, 6.07) is 6.83. The van der Waals surface area contributed by atoms with Crippen LogP contribution in [0.4, 0.5) is 11.4 Å². The standard InChI is InChI=1S/C14H20N2O5/c1-7-11(18)12(19)13(20)14(21-7)16-10-5-3-9(4-6-10)15-8(2)17/h3-7,11-14,16,18-20H,1-2H3,(H,15,17)/t7-,11+,12-,13-,14+/m0/s1. The molecule has 1 saturated heterocycles. The highest BCUT2D eigenvalue weighted by Gasteiger charge is 2.41. The zero-order valence-electron chi connectivity index (χ0n) is 11.9. The minimum atomic E-state index is -1.27. The third kappa shape index (κ3) is 3.70. The highest BCUT2D eigenvalue weighted by molar-refractivity contribution is 5.88. The SMILES string of the molecule is CC(=O)Nc1ccc(N[C@@H]2O[C@@H](C)[C@@H](O)[C@H](O)[C@@H]2O)cc1. The molecule has 0 saturated carbocycles. The predicted molar refractivity (Wildman–Crippen MR) is 76.7 cm³/mol. The van der Waals surface area contributed by atoms with Crippen molar-refractivity contribution >= 4 is 17.3 Å². The quantitative estimate of drug-likeness (QED) is 0.532. The summed E-state index contributed by atoms with van der Waals surface area (Å²) in [7, 11) is 0. The van der Waals surface area contributed by atoms with Gasteiger partial charge in [-0.25, -0.2) is 0 Å². The molecule has 1 amide bonds. The maximum atomic E-state index is 10.9. The van der Waals surface area contributed by atoms with Crippen molar-refractivity contribution in [3.05, 3.63) is 24.3 Å². The average Bonchev–Trinajstić information content (AvgIpc) is 2.44. The molecule has 5 N–H and O–H groups in total. The Morgan fingerprint density at radius 2 is 1.62 bits per heavy atom. The van der Waals surface area contributed by atoms with Crippen LogP contribution in [0, 0.1) is 0 Å². The van der Waals surface area contributed by atoms with E-state index < -0.39 is 30.6 Å². The summed E-state index contributed by atoms with van der Waals surface area (Å²) in [6.07, 6.45) is -5.07. The van der Waals surface area contributed by atoms with Crippen molar-refractivity contribution in [2.45, 2.75) is 44.5 Å². The molecule has 0 spiro atoms. The Bertz CT molecular complexity index is 493. The number of hydrogen-bond acceptors (Lipinski definition) is 6. The van der Waals surface area contributed by atoms with E-state index in [1.165, 1.54) is 6.92 Å². The Labute approximate surface area is 122 Å². The van der Waals surface area contributed by atoms with E-state index in [0.29, 0.717) is 11.4 Å². The molecule has 0 aromatic heterocycles. The number of amides is 1. The fraction of sp³-hybridized carbons (Fsp3) is 0.500. The van der Waals surface area contributed by atoms with E-state index in [1.54, 1.807) is 31.2 Å². The monoisotopic (exact) mass is 296 g/mol. The van der Waals surface area contributed by atoms with Crippen molar-refractivity contribution in [3.63, 3.8) is 0 Å². The molecule has 1 heterocycles. The van der Waals surface area contributed by atoms with Gasteiger partial charge in [-0.1, -0.05) is 0 Å². The van der Waals surface area contributed by atoms with Gasteiger partial charge in [-0.2, -0.15) is 0 Å². The van der Waals surface area contributed by atoms with Crippen molar-refractivity contribution in [2.24, 2.45) is 0 Å². The molecule has 21 heavy (non-hydrogen) atoms. The zero-order chi connectivity index (χ0) is 15.6.